The Morgan fingerprint density at radius 2 is 0.532 bits per heavy atom. The van der Waals surface area contributed by atoms with Gasteiger partial charge < -0.3 is 61.6 Å². The zero-order valence-electron chi connectivity index (χ0n) is 28.8. The van der Waals surface area contributed by atoms with E-state index < -0.39 is 0 Å². The van der Waals surface area contributed by atoms with Crippen molar-refractivity contribution in [3.05, 3.63) is 0 Å². The van der Waals surface area contributed by atoms with Crippen LogP contribution in [0.5, 0.6) is 0 Å². The first kappa shape index (κ1) is 46.7. The Morgan fingerprint density at radius 3 is 0.766 bits per heavy atom. The molecule has 0 aromatic carbocycles. The molecule has 0 aliphatic rings. The summed E-state index contributed by atoms with van der Waals surface area (Å²) >= 11 is 2.42. The van der Waals surface area contributed by atoms with Crippen LogP contribution in [-0.4, -0.2) is 176 Å². The summed E-state index contributed by atoms with van der Waals surface area (Å²) in [5.74, 6) is -0.310. The summed E-state index contributed by atoms with van der Waals surface area (Å²) in [6.45, 7) is 14.2. The molecule has 0 radical (unpaired) electrons. The number of hydrogen-bond acceptors (Lipinski definition) is 14. The number of unbranched alkanes of at least 4 members (excludes halogenated alkanes) is 3. The zero-order valence-corrected chi connectivity index (χ0v) is 31.0. The molecule has 0 rings (SSSR count). The van der Waals surface area contributed by atoms with Crippen LogP contribution in [0.2, 0.25) is 0 Å². The van der Waals surface area contributed by atoms with Gasteiger partial charge in [0.25, 0.3) is 0 Å². The van der Waals surface area contributed by atoms with Gasteiger partial charge in [0.2, 0.25) is 0 Å². The quantitative estimate of drug-likeness (QED) is 0.0388. The van der Waals surface area contributed by atoms with Crippen LogP contribution in [0.1, 0.15) is 32.6 Å². The second-order valence-electron chi connectivity index (χ2n) is 9.79. The maximum absolute atomic E-state index is 10.6. The number of carbonyl (C=O) groups excluding carboxylic acids is 1. The first-order valence-corrected chi connectivity index (χ1v) is 18.4. The van der Waals surface area contributed by atoms with Crippen molar-refractivity contribution in [2.45, 2.75) is 32.6 Å². The fourth-order valence-corrected chi connectivity index (χ4v) is 3.96. The van der Waals surface area contributed by atoms with Gasteiger partial charge in [-0.1, -0.05) is 35.4 Å². The highest BCUT2D eigenvalue weighted by Gasteiger charge is 1.97. The van der Waals surface area contributed by atoms with E-state index >= 15 is 0 Å². The van der Waals surface area contributed by atoms with E-state index in [1.54, 1.807) is 0 Å². The fraction of sp³-hybridized carbons (Fsp3) is 0.969. The predicted molar refractivity (Wildman–Crippen MR) is 184 cm³/mol. The molecule has 0 heterocycles. The highest BCUT2D eigenvalue weighted by Crippen LogP contribution is 2.02. The molecule has 282 valence electrons. The molecule has 0 atom stereocenters. The average molecular weight is 799 g/mol. The van der Waals surface area contributed by atoms with Crippen molar-refractivity contribution in [2.75, 3.05) is 170 Å². The van der Waals surface area contributed by atoms with Crippen LogP contribution in [0.4, 0.5) is 0 Å². The molecule has 0 N–H and O–H groups in total. The van der Waals surface area contributed by atoms with Gasteiger partial charge in [-0.15, -0.1) is 0 Å². The Morgan fingerprint density at radius 1 is 0.319 bits per heavy atom. The molecule has 0 aromatic heterocycles. The van der Waals surface area contributed by atoms with Crippen LogP contribution in [0.15, 0.2) is 0 Å². The lowest BCUT2D eigenvalue weighted by molar-refractivity contribution is -0.142. The first-order valence-electron chi connectivity index (χ1n) is 16.9. The van der Waals surface area contributed by atoms with Gasteiger partial charge in [0, 0.05) is 13.5 Å². The van der Waals surface area contributed by atoms with E-state index in [9.17, 15) is 4.79 Å². The smallest absolute Gasteiger partial charge is 0.302 e. The fourth-order valence-electron chi connectivity index (χ4n) is 3.42. The number of rotatable bonds is 42. The molecule has 0 spiro atoms. The third-order valence-electron chi connectivity index (χ3n) is 5.80. The Hall–Kier alpha value is -0.280. The Labute approximate surface area is 296 Å². The summed E-state index contributed by atoms with van der Waals surface area (Å²) in [7, 11) is 0. The molecule has 0 saturated carbocycles. The Balaban J connectivity index is 3.04. The summed E-state index contributed by atoms with van der Waals surface area (Å²) in [6, 6.07) is 0. The highest BCUT2D eigenvalue weighted by atomic mass is 127. The van der Waals surface area contributed by atoms with Crippen molar-refractivity contribution in [1.82, 2.24) is 0 Å². The lowest BCUT2D eigenvalue weighted by Crippen LogP contribution is -2.15. The van der Waals surface area contributed by atoms with Gasteiger partial charge in [-0.3, -0.25) is 4.79 Å². The number of halogens is 1. The number of ether oxygens (including phenoxy) is 13. The molecule has 0 bridgehead atoms. The lowest BCUT2D eigenvalue weighted by Gasteiger charge is -2.09. The number of alkyl halides is 1. The molecule has 14 nitrogen and oxygen atoms in total. The van der Waals surface area contributed by atoms with E-state index in [-0.39, 0.29) is 12.6 Å². The zero-order chi connectivity index (χ0) is 34.0. The minimum absolute atomic E-state index is 0.258. The average Bonchev–Trinajstić information content (AvgIpc) is 3.07. The molecular weight excluding hydrogens is 735 g/mol. The second kappa shape index (κ2) is 43.7. The van der Waals surface area contributed by atoms with Crippen LogP contribution in [0.25, 0.3) is 0 Å². The second-order valence-corrected chi connectivity index (χ2v) is 10.9. The topological polar surface area (TPSA) is 137 Å². The Kier molecular flexibility index (Phi) is 43.5. The van der Waals surface area contributed by atoms with Crippen molar-refractivity contribution >= 4 is 28.6 Å². The summed E-state index contributed by atoms with van der Waals surface area (Å²) in [5, 5.41) is 0. The Bertz CT molecular complexity index is 594. The number of carbonyl (C=O) groups is 1. The molecule has 0 aliphatic heterocycles. The largest absolute Gasteiger partial charge is 0.463 e. The van der Waals surface area contributed by atoms with E-state index in [4.69, 9.17) is 61.6 Å². The monoisotopic (exact) mass is 798 g/mol. The molecule has 0 saturated heterocycles. The van der Waals surface area contributed by atoms with Crippen molar-refractivity contribution in [2.24, 2.45) is 0 Å². The highest BCUT2D eigenvalue weighted by molar-refractivity contribution is 14.1. The summed E-state index contributed by atoms with van der Waals surface area (Å²) in [6.07, 6.45) is 4.97. The van der Waals surface area contributed by atoms with E-state index in [1.807, 2.05) is 0 Å². The van der Waals surface area contributed by atoms with E-state index in [2.05, 4.69) is 22.6 Å². The van der Waals surface area contributed by atoms with Crippen molar-refractivity contribution in [3.8, 4) is 0 Å². The summed E-state index contributed by atoms with van der Waals surface area (Å²) < 4.78 is 71.4. The number of hydrogen-bond donors (Lipinski definition) is 0. The molecular formula is C32H63IO14. The minimum Gasteiger partial charge on any atom is -0.463 e. The molecule has 0 aromatic rings. The SMILES string of the molecule is CC(=O)OCCOCCOCCOCCOCCOCCOCCOCCOCCOCCOCCOCCOCCCCCCI. The van der Waals surface area contributed by atoms with Crippen LogP contribution in [0, 0.1) is 0 Å². The van der Waals surface area contributed by atoms with Gasteiger partial charge in [0.15, 0.2) is 0 Å². The van der Waals surface area contributed by atoms with E-state index in [0.717, 1.165) is 13.0 Å². The van der Waals surface area contributed by atoms with Crippen LogP contribution < -0.4 is 0 Å². The molecule has 0 fully saturated rings. The minimum atomic E-state index is -0.310. The predicted octanol–water partition coefficient (Wildman–Crippen LogP) is 2.74. The summed E-state index contributed by atoms with van der Waals surface area (Å²) in [5.41, 5.74) is 0. The molecule has 0 aliphatic carbocycles. The van der Waals surface area contributed by atoms with Gasteiger partial charge >= 0.3 is 5.97 Å². The van der Waals surface area contributed by atoms with Gasteiger partial charge in [-0.25, -0.2) is 0 Å². The van der Waals surface area contributed by atoms with Gasteiger partial charge in [0.05, 0.1) is 152 Å². The van der Waals surface area contributed by atoms with Crippen LogP contribution in [0.3, 0.4) is 0 Å². The molecule has 15 heteroatoms. The first-order chi connectivity index (χ1) is 23.3. The summed E-state index contributed by atoms with van der Waals surface area (Å²) in [4.78, 5) is 10.6. The van der Waals surface area contributed by atoms with Crippen molar-refractivity contribution in [1.29, 1.82) is 0 Å². The van der Waals surface area contributed by atoms with Crippen LogP contribution in [-0.2, 0) is 66.4 Å². The maximum atomic E-state index is 10.6. The van der Waals surface area contributed by atoms with E-state index in [0.29, 0.717) is 152 Å². The van der Waals surface area contributed by atoms with Gasteiger partial charge in [-0.05, 0) is 17.3 Å². The number of esters is 1. The van der Waals surface area contributed by atoms with Crippen molar-refractivity contribution in [3.63, 3.8) is 0 Å². The molecule has 0 amide bonds. The van der Waals surface area contributed by atoms with Gasteiger partial charge in [-0.2, -0.15) is 0 Å². The standard InChI is InChI=1S/C32H63IO14/c1-32(34)47-31-30-46-29-28-45-27-26-44-25-24-43-23-22-42-21-20-41-19-18-40-17-16-39-15-14-38-13-12-37-11-10-36-9-8-35-7-5-3-2-4-6-33/h2-31H2,1H3. The maximum Gasteiger partial charge on any atom is 0.302 e. The lowest BCUT2D eigenvalue weighted by atomic mass is 10.2. The third-order valence-corrected chi connectivity index (χ3v) is 6.56. The third kappa shape index (κ3) is 45.7. The van der Waals surface area contributed by atoms with Gasteiger partial charge in [0.1, 0.15) is 6.61 Å². The normalized spacial score (nSPS) is 11.4. The molecule has 47 heavy (non-hydrogen) atoms. The van der Waals surface area contributed by atoms with E-state index in [1.165, 1.54) is 30.6 Å². The van der Waals surface area contributed by atoms with Crippen LogP contribution >= 0.6 is 22.6 Å². The molecule has 0 unspecified atom stereocenters. The van der Waals surface area contributed by atoms with Crippen molar-refractivity contribution < 1.29 is 66.4 Å².